The molecular weight excluding hydrogens is 408 g/mol. The smallest absolute Gasteiger partial charge is 0.279 e. The predicted molar refractivity (Wildman–Crippen MR) is 111 cm³/mol. The number of thiazole rings is 1. The molecule has 1 amide bonds. The molecule has 0 spiro atoms. The number of nitrogens with zero attached hydrogens (tertiary/aromatic N) is 2. The van der Waals surface area contributed by atoms with Crippen molar-refractivity contribution < 1.29 is 4.79 Å². The Morgan fingerprint density at radius 3 is 2.54 bits per heavy atom. The highest BCUT2D eigenvalue weighted by Gasteiger charge is 2.14. The number of fused-ring (bicyclic) bond motifs is 1. The van der Waals surface area contributed by atoms with Crippen LogP contribution in [0.1, 0.15) is 36.7 Å². The summed E-state index contributed by atoms with van der Waals surface area (Å²) in [6.07, 6.45) is 5.51. The Kier molecular flexibility index (Phi) is 5.17. The average Bonchev–Trinajstić information content (AvgIpc) is 2.91. The summed E-state index contributed by atoms with van der Waals surface area (Å²) in [5.74, 6) is 2.38. The van der Waals surface area contributed by atoms with Gasteiger partial charge in [-0.25, -0.2) is 0 Å². The number of carbonyl (C=O) groups excluding carboxylic acids is 1. The third kappa shape index (κ3) is 3.82. The SMILES string of the molecule is C#CCn1c(=NC(=O)c2ccc(C(C)(C)C)cc2)sc2cc(Br)ccc21. The number of halogens is 1. The summed E-state index contributed by atoms with van der Waals surface area (Å²) in [7, 11) is 0. The summed E-state index contributed by atoms with van der Waals surface area (Å²) >= 11 is 4.93. The van der Waals surface area contributed by atoms with Crippen molar-refractivity contribution in [3.05, 3.63) is 62.9 Å². The van der Waals surface area contributed by atoms with Gasteiger partial charge in [0, 0.05) is 10.0 Å². The number of benzene rings is 2. The van der Waals surface area contributed by atoms with E-state index in [0.717, 1.165) is 14.7 Å². The van der Waals surface area contributed by atoms with Gasteiger partial charge < -0.3 is 4.57 Å². The van der Waals surface area contributed by atoms with Crippen LogP contribution in [0.4, 0.5) is 0 Å². The molecule has 0 unspecified atom stereocenters. The van der Waals surface area contributed by atoms with E-state index < -0.39 is 0 Å². The quantitative estimate of drug-likeness (QED) is 0.522. The van der Waals surface area contributed by atoms with Crippen molar-refractivity contribution in [3.63, 3.8) is 0 Å². The summed E-state index contributed by atoms with van der Waals surface area (Å²) in [5, 5.41) is 0. The lowest BCUT2D eigenvalue weighted by molar-refractivity contribution is 0.0998. The second-order valence-corrected chi connectivity index (χ2v) is 8.96. The van der Waals surface area contributed by atoms with Gasteiger partial charge in [-0.1, -0.05) is 66.1 Å². The third-order valence-corrected chi connectivity index (χ3v) is 5.62. The maximum Gasteiger partial charge on any atom is 0.279 e. The molecule has 5 heteroatoms. The highest BCUT2D eigenvalue weighted by Crippen LogP contribution is 2.23. The standard InChI is InChI=1S/C21H19BrN2OS/c1-5-12-24-17-11-10-16(22)13-18(17)26-20(24)23-19(25)14-6-8-15(9-7-14)21(2,3)4/h1,6-11,13H,12H2,2-4H3. The Morgan fingerprint density at radius 1 is 1.23 bits per heavy atom. The second kappa shape index (κ2) is 7.22. The zero-order chi connectivity index (χ0) is 18.9. The molecule has 1 aromatic heterocycles. The van der Waals surface area contributed by atoms with E-state index in [1.54, 1.807) is 0 Å². The largest absolute Gasteiger partial charge is 0.305 e. The first-order valence-electron chi connectivity index (χ1n) is 8.21. The number of aromatic nitrogens is 1. The molecule has 0 saturated heterocycles. The molecule has 0 aliphatic heterocycles. The van der Waals surface area contributed by atoms with Crippen LogP contribution in [0.3, 0.4) is 0 Å². The summed E-state index contributed by atoms with van der Waals surface area (Å²) in [5.41, 5.74) is 2.78. The van der Waals surface area contributed by atoms with Gasteiger partial charge in [0.1, 0.15) is 0 Å². The Bertz CT molecular complexity index is 1080. The molecule has 26 heavy (non-hydrogen) atoms. The molecule has 0 atom stereocenters. The van der Waals surface area contributed by atoms with Gasteiger partial charge in [-0.3, -0.25) is 4.79 Å². The highest BCUT2D eigenvalue weighted by molar-refractivity contribution is 9.10. The molecule has 1 heterocycles. The van der Waals surface area contributed by atoms with Gasteiger partial charge >= 0.3 is 0 Å². The van der Waals surface area contributed by atoms with Gasteiger partial charge in [-0.05, 0) is 41.3 Å². The van der Waals surface area contributed by atoms with Crippen LogP contribution in [0.2, 0.25) is 0 Å². The number of amides is 1. The summed E-state index contributed by atoms with van der Waals surface area (Å²) in [4.78, 5) is 17.6. The van der Waals surface area contributed by atoms with Gasteiger partial charge in [0.05, 0.1) is 16.8 Å². The van der Waals surface area contributed by atoms with E-state index in [0.29, 0.717) is 16.9 Å². The van der Waals surface area contributed by atoms with E-state index >= 15 is 0 Å². The van der Waals surface area contributed by atoms with Crippen LogP contribution < -0.4 is 4.80 Å². The maximum absolute atomic E-state index is 12.6. The van der Waals surface area contributed by atoms with Crippen LogP contribution in [-0.2, 0) is 12.0 Å². The van der Waals surface area contributed by atoms with E-state index in [4.69, 9.17) is 6.42 Å². The topological polar surface area (TPSA) is 34.4 Å². The molecule has 0 N–H and O–H groups in total. The molecular formula is C21H19BrN2OS. The normalized spacial score (nSPS) is 12.3. The van der Waals surface area contributed by atoms with Crippen molar-refractivity contribution >= 4 is 43.4 Å². The Labute approximate surface area is 165 Å². The van der Waals surface area contributed by atoms with Crippen LogP contribution in [0.25, 0.3) is 10.2 Å². The third-order valence-electron chi connectivity index (χ3n) is 4.09. The Hall–Kier alpha value is -2.16. The van der Waals surface area contributed by atoms with Gasteiger partial charge in [-0.15, -0.1) is 6.42 Å². The van der Waals surface area contributed by atoms with E-state index in [1.807, 2.05) is 47.0 Å². The molecule has 0 fully saturated rings. The molecule has 2 aromatic carbocycles. The van der Waals surface area contributed by atoms with Gasteiger partial charge in [0.25, 0.3) is 5.91 Å². The minimum Gasteiger partial charge on any atom is -0.305 e. The first kappa shape index (κ1) is 18.6. The Balaban J connectivity index is 2.05. The average molecular weight is 427 g/mol. The predicted octanol–water partition coefficient (Wildman–Crippen LogP) is 5.14. The van der Waals surface area contributed by atoms with Crippen molar-refractivity contribution in [2.45, 2.75) is 32.7 Å². The van der Waals surface area contributed by atoms with Crippen molar-refractivity contribution in [2.24, 2.45) is 4.99 Å². The second-order valence-electron chi connectivity index (χ2n) is 7.03. The molecule has 132 valence electrons. The van der Waals surface area contributed by atoms with E-state index in [-0.39, 0.29) is 11.3 Å². The minimum atomic E-state index is -0.262. The molecule has 3 aromatic rings. The molecule has 3 nitrogen and oxygen atoms in total. The van der Waals surface area contributed by atoms with Crippen molar-refractivity contribution in [3.8, 4) is 12.3 Å². The molecule has 0 bridgehead atoms. The van der Waals surface area contributed by atoms with Crippen LogP contribution in [0.5, 0.6) is 0 Å². The molecule has 0 aliphatic carbocycles. The van der Waals surface area contributed by atoms with Crippen LogP contribution in [0, 0.1) is 12.3 Å². The highest BCUT2D eigenvalue weighted by atomic mass is 79.9. The first-order valence-corrected chi connectivity index (χ1v) is 9.82. The van der Waals surface area contributed by atoms with Crippen LogP contribution in [-0.4, -0.2) is 10.5 Å². The molecule has 0 saturated carbocycles. The lowest BCUT2D eigenvalue weighted by Gasteiger charge is -2.18. The number of hydrogen-bond donors (Lipinski definition) is 0. The van der Waals surface area contributed by atoms with E-state index in [9.17, 15) is 4.79 Å². The fourth-order valence-corrected chi connectivity index (χ4v) is 4.22. The van der Waals surface area contributed by atoms with Gasteiger partial charge in [0.15, 0.2) is 4.80 Å². The van der Waals surface area contributed by atoms with Crippen LogP contribution in [0.15, 0.2) is 51.9 Å². The van der Waals surface area contributed by atoms with Gasteiger partial charge in [0.2, 0.25) is 0 Å². The summed E-state index contributed by atoms with van der Waals surface area (Å²) < 4.78 is 3.91. The van der Waals surface area contributed by atoms with E-state index in [1.165, 1.54) is 16.9 Å². The fraction of sp³-hybridized carbons (Fsp3) is 0.238. The summed E-state index contributed by atoms with van der Waals surface area (Å²) in [6.45, 7) is 6.81. The van der Waals surface area contributed by atoms with Gasteiger partial charge in [-0.2, -0.15) is 4.99 Å². The Morgan fingerprint density at radius 2 is 1.92 bits per heavy atom. The molecule has 0 radical (unpaired) electrons. The fourth-order valence-electron chi connectivity index (χ4n) is 2.64. The number of rotatable bonds is 2. The van der Waals surface area contributed by atoms with Crippen molar-refractivity contribution in [2.75, 3.05) is 0 Å². The number of carbonyl (C=O) groups is 1. The molecule has 3 rings (SSSR count). The molecule has 0 aliphatic rings. The lowest BCUT2D eigenvalue weighted by atomic mass is 9.87. The maximum atomic E-state index is 12.6. The van der Waals surface area contributed by atoms with Crippen LogP contribution >= 0.6 is 27.3 Å². The minimum absolute atomic E-state index is 0.0490. The monoisotopic (exact) mass is 426 g/mol. The number of hydrogen-bond acceptors (Lipinski definition) is 2. The lowest BCUT2D eigenvalue weighted by Crippen LogP contribution is -2.16. The first-order chi connectivity index (χ1) is 12.3. The summed E-state index contributed by atoms with van der Waals surface area (Å²) in [6, 6.07) is 13.6. The van der Waals surface area contributed by atoms with Crippen molar-refractivity contribution in [1.82, 2.24) is 4.57 Å². The van der Waals surface area contributed by atoms with Crippen molar-refractivity contribution in [1.29, 1.82) is 0 Å². The number of terminal acetylenes is 1. The zero-order valence-corrected chi connectivity index (χ0v) is 17.3. The zero-order valence-electron chi connectivity index (χ0n) is 14.9. The van der Waals surface area contributed by atoms with E-state index in [2.05, 4.69) is 47.6 Å².